The van der Waals surface area contributed by atoms with Crippen molar-refractivity contribution in [2.24, 2.45) is 0 Å². The third-order valence-corrected chi connectivity index (χ3v) is 11.1. The van der Waals surface area contributed by atoms with E-state index in [9.17, 15) is 13.0 Å². The van der Waals surface area contributed by atoms with Gasteiger partial charge in [-0.15, -0.1) is 0 Å². The zero-order valence-corrected chi connectivity index (χ0v) is 31.4. The van der Waals surface area contributed by atoms with E-state index in [4.69, 9.17) is 14.2 Å². The van der Waals surface area contributed by atoms with E-state index in [1.165, 1.54) is 39.4 Å². The summed E-state index contributed by atoms with van der Waals surface area (Å²) in [5.74, 6) is 2.46. The van der Waals surface area contributed by atoms with E-state index >= 15 is 0 Å². The van der Waals surface area contributed by atoms with Crippen LogP contribution in [0.1, 0.15) is 92.9 Å². The predicted molar refractivity (Wildman–Crippen MR) is 205 cm³/mol. The molecule has 0 atom stereocenters. The average Bonchev–Trinajstić information content (AvgIpc) is 3.14. The van der Waals surface area contributed by atoms with Gasteiger partial charge in [-0.2, -0.15) is 12.7 Å². The fraction of sp³-hybridized carbons (Fsp3) is 0.512. The largest absolute Gasteiger partial charge is 0.497 e. The molecule has 3 aromatic carbocycles. The highest BCUT2D eigenvalue weighted by Gasteiger charge is 2.36. The molecule has 8 nitrogen and oxygen atoms in total. The highest BCUT2D eigenvalue weighted by Crippen LogP contribution is 2.32. The Labute approximate surface area is 301 Å². The summed E-state index contributed by atoms with van der Waals surface area (Å²) >= 11 is 0. The molecule has 2 fully saturated rings. The molecular formula is C41H58N2O6S. The van der Waals surface area contributed by atoms with E-state index in [-0.39, 0.29) is 12.1 Å². The Kier molecular flexibility index (Phi) is 16.1. The quantitative estimate of drug-likeness (QED) is 0.125. The van der Waals surface area contributed by atoms with Crippen LogP contribution in [0.2, 0.25) is 0 Å². The Morgan fingerprint density at radius 1 is 0.720 bits per heavy atom. The monoisotopic (exact) mass is 706 g/mol. The molecule has 0 amide bonds. The van der Waals surface area contributed by atoms with Gasteiger partial charge in [0, 0.05) is 18.6 Å². The molecule has 0 bridgehead atoms. The van der Waals surface area contributed by atoms with E-state index < -0.39 is 10.3 Å². The molecule has 0 saturated heterocycles. The smallest absolute Gasteiger partial charge is 0.336 e. The molecule has 0 aromatic heterocycles. The molecule has 2 saturated carbocycles. The van der Waals surface area contributed by atoms with Crippen molar-refractivity contribution in [2.45, 2.75) is 95.6 Å². The van der Waals surface area contributed by atoms with Crippen LogP contribution in [0, 0.1) is 0 Å². The van der Waals surface area contributed by atoms with Crippen molar-refractivity contribution < 1.29 is 27.2 Å². The minimum Gasteiger partial charge on any atom is -0.497 e. The summed E-state index contributed by atoms with van der Waals surface area (Å²) < 4.78 is 50.4. The van der Waals surface area contributed by atoms with Gasteiger partial charge in [0.15, 0.2) is 11.5 Å². The first kappa shape index (κ1) is 39.4. The minimum atomic E-state index is -4.03. The molecule has 274 valence electrons. The maximum atomic E-state index is 11.6. The zero-order chi connectivity index (χ0) is 35.8. The second-order valence-electron chi connectivity index (χ2n) is 13.5. The first-order chi connectivity index (χ1) is 24.2. The van der Waals surface area contributed by atoms with E-state index in [0.717, 1.165) is 101 Å². The van der Waals surface area contributed by atoms with E-state index in [0.29, 0.717) is 0 Å². The molecule has 5 rings (SSSR count). The van der Waals surface area contributed by atoms with E-state index in [1.54, 1.807) is 21.3 Å². The van der Waals surface area contributed by atoms with Gasteiger partial charge in [-0.05, 0) is 105 Å². The summed E-state index contributed by atoms with van der Waals surface area (Å²) in [4.78, 5) is 2.39. The lowest BCUT2D eigenvalue weighted by atomic mass is 9.91. The van der Waals surface area contributed by atoms with Crippen LogP contribution in [0.5, 0.6) is 17.2 Å². The number of ether oxygens (including phenoxy) is 3. The fourth-order valence-corrected chi connectivity index (χ4v) is 8.37. The average molecular weight is 707 g/mol. The predicted octanol–water partition coefficient (Wildman–Crippen LogP) is 8.75. The number of hydrogen-bond acceptors (Lipinski definition) is 6. The number of aryl methyl sites for hydroxylation is 1. The lowest BCUT2D eigenvalue weighted by Gasteiger charge is -2.38. The maximum Gasteiger partial charge on any atom is 0.336 e. The van der Waals surface area contributed by atoms with Crippen molar-refractivity contribution in [3.05, 3.63) is 89.0 Å². The Morgan fingerprint density at radius 2 is 1.36 bits per heavy atom. The van der Waals surface area contributed by atoms with E-state index in [2.05, 4.69) is 72.6 Å². The lowest BCUT2D eigenvalue weighted by molar-refractivity contribution is 0.156. The van der Waals surface area contributed by atoms with Crippen LogP contribution in [0.4, 0.5) is 0 Å². The molecule has 0 spiro atoms. The number of rotatable bonds is 15. The van der Waals surface area contributed by atoms with Crippen LogP contribution in [-0.4, -0.2) is 75.7 Å². The molecule has 3 aromatic rings. The van der Waals surface area contributed by atoms with Gasteiger partial charge in [-0.1, -0.05) is 93.1 Å². The lowest BCUT2D eigenvalue weighted by Crippen LogP contribution is -2.48. The maximum absolute atomic E-state index is 11.6. The Balaban J connectivity index is 0.000000276. The number of methoxy groups -OCH3 is 3. The van der Waals surface area contributed by atoms with Crippen LogP contribution < -0.4 is 14.2 Å². The summed E-state index contributed by atoms with van der Waals surface area (Å²) in [5, 5.41) is 0. The standard InChI is InChI=1S/C29H35NO3.C12H23NO3S/c1-30(20-18-24-13-17-28(32-3)29(21-24)33-4)19-8-11-26-22-27(31-2)16-15-25(26)14-12-23-9-6-5-7-10-23;14-17(15,16)13(11-7-3-1-4-8-11)12-9-5-2-6-10-12/h5-7,9-10,12-17,21-22H,8,11,18-20H2,1-4H3;11-12H,1-10H2,(H,14,15,16)/b14-12+;. The molecule has 2 aliphatic rings. The summed E-state index contributed by atoms with van der Waals surface area (Å²) in [5.41, 5.74) is 5.01. The molecule has 9 heteroatoms. The van der Waals surface area contributed by atoms with Crippen molar-refractivity contribution in [1.29, 1.82) is 0 Å². The SMILES string of the molecule is COc1ccc(/C=C/c2ccccc2)c(CCCN(C)CCc2ccc(OC)c(OC)c2)c1.O=S(=O)(O)N(C1CCCCC1)C1CCCCC1. The van der Waals surface area contributed by atoms with Crippen molar-refractivity contribution in [1.82, 2.24) is 9.21 Å². The van der Waals surface area contributed by atoms with Gasteiger partial charge in [-0.25, -0.2) is 0 Å². The number of benzene rings is 3. The second-order valence-corrected chi connectivity index (χ2v) is 14.9. The molecule has 50 heavy (non-hydrogen) atoms. The molecule has 0 unspecified atom stereocenters. The summed E-state index contributed by atoms with van der Waals surface area (Å²) in [6, 6.07) is 23.0. The molecule has 0 radical (unpaired) electrons. The number of nitrogens with zero attached hydrogens (tertiary/aromatic N) is 2. The highest BCUT2D eigenvalue weighted by atomic mass is 32.2. The molecule has 1 N–H and O–H groups in total. The molecule has 0 heterocycles. The summed E-state index contributed by atoms with van der Waals surface area (Å²) in [7, 11) is 3.21. The topological polar surface area (TPSA) is 88.5 Å². The first-order valence-electron chi connectivity index (χ1n) is 18.3. The summed E-state index contributed by atoms with van der Waals surface area (Å²) in [6.07, 6.45) is 17.8. The Bertz CT molecular complexity index is 1550. The van der Waals surface area contributed by atoms with Crippen molar-refractivity contribution in [2.75, 3.05) is 41.5 Å². The van der Waals surface area contributed by atoms with Crippen LogP contribution in [0.3, 0.4) is 0 Å². The second kappa shape index (κ2) is 20.5. The minimum absolute atomic E-state index is 0.0434. The van der Waals surface area contributed by atoms with Crippen molar-refractivity contribution in [3.8, 4) is 17.2 Å². The van der Waals surface area contributed by atoms with Gasteiger partial charge in [0.1, 0.15) is 5.75 Å². The van der Waals surface area contributed by atoms with Gasteiger partial charge in [0.25, 0.3) is 0 Å². The van der Waals surface area contributed by atoms with Crippen LogP contribution >= 0.6 is 0 Å². The zero-order valence-electron chi connectivity index (χ0n) is 30.6. The third-order valence-electron chi connectivity index (χ3n) is 9.96. The fourth-order valence-electron chi connectivity index (χ4n) is 7.19. The van der Waals surface area contributed by atoms with Gasteiger partial charge >= 0.3 is 10.3 Å². The van der Waals surface area contributed by atoms with Gasteiger partial charge in [0.05, 0.1) is 21.3 Å². The Hall–Kier alpha value is -3.37. The Morgan fingerprint density at radius 3 is 1.94 bits per heavy atom. The first-order valence-corrected chi connectivity index (χ1v) is 19.7. The summed E-state index contributed by atoms with van der Waals surface area (Å²) in [6.45, 7) is 2.03. The van der Waals surface area contributed by atoms with Crippen molar-refractivity contribution >= 4 is 22.5 Å². The number of likely N-dealkylation sites (N-methyl/N-ethyl adjacent to an activating group) is 1. The van der Waals surface area contributed by atoms with Crippen molar-refractivity contribution in [3.63, 3.8) is 0 Å². The van der Waals surface area contributed by atoms with Crippen LogP contribution in [-0.2, 0) is 23.1 Å². The van der Waals surface area contributed by atoms with Crippen LogP contribution in [0.15, 0.2) is 66.7 Å². The molecule has 0 aliphatic heterocycles. The van der Waals surface area contributed by atoms with Gasteiger partial charge < -0.3 is 19.1 Å². The number of hydrogen-bond donors (Lipinski definition) is 1. The molecular weight excluding hydrogens is 649 g/mol. The van der Waals surface area contributed by atoms with Crippen LogP contribution in [0.25, 0.3) is 12.2 Å². The van der Waals surface area contributed by atoms with E-state index in [1.807, 2.05) is 18.2 Å². The highest BCUT2D eigenvalue weighted by molar-refractivity contribution is 7.83. The van der Waals surface area contributed by atoms with Gasteiger partial charge in [-0.3, -0.25) is 4.55 Å². The normalized spacial score (nSPS) is 16.0. The molecule has 2 aliphatic carbocycles. The van der Waals surface area contributed by atoms with Gasteiger partial charge in [0.2, 0.25) is 0 Å². The third kappa shape index (κ3) is 12.4.